The Hall–Kier alpha value is -1.62. The van der Waals surface area contributed by atoms with Crippen LogP contribution in [0.15, 0.2) is 12.1 Å². The Morgan fingerprint density at radius 3 is 2.62 bits per heavy atom. The third kappa shape index (κ3) is 2.30. The van der Waals surface area contributed by atoms with Crippen LogP contribution in [0.4, 0.5) is 5.69 Å². The highest BCUT2D eigenvalue weighted by molar-refractivity contribution is 6.17. The fourth-order valence-electron chi connectivity index (χ4n) is 1.36. The van der Waals surface area contributed by atoms with Gasteiger partial charge in [-0.25, -0.2) is 4.79 Å². The predicted molar refractivity (Wildman–Crippen MR) is 58.7 cm³/mol. The summed E-state index contributed by atoms with van der Waals surface area (Å²) in [4.78, 5) is 21.5. The summed E-state index contributed by atoms with van der Waals surface area (Å²) in [5.74, 6) is -0.569. The van der Waals surface area contributed by atoms with Gasteiger partial charge in [-0.15, -0.1) is 11.6 Å². The van der Waals surface area contributed by atoms with E-state index in [9.17, 15) is 14.9 Å². The summed E-state index contributed by atoms with van der Waals surface area (Å²) in [6, 6.07) is 2.72. The molecule has 0 aromatic heterocycles. The average Bonchev–Trinajstić information content (AvgIpc) is 2.27. The smallest absolute Gasteiger partial charge is 0.338 e. The highest BCUT2D eigenvalue weighted by Crippen LogP contribution is 2.25. The Morgan fingerprint density at radius 1 is 1.56 bits per heavy atom. The van der Waals surface area contributed by atoms with Crippen molar-refractivity contribution in [2.45, 2.75) is 12.8 Å². The van der Waals surface area contributed by atoms with Gasteiger partial charge in [-0.3, -0.25) is 10.1 Å². The molecule has 0 heterocycles. The SMILES string of the molecule is COC(=O)c1cc([N+](=O)[O-])c(CCl)cc1C. The second kappa shape index (κ2) is 4.94. The third-order valence-electron chi connectivity index (χ3n) is 2.17. The minimum absolute atomic E-state index is 0.0264. The minimum Gasteiger partial charge on any atom is -0.465 e. The molecule has 0 aliphatic carbocycles. The summed E-state index contributed by atoms with van der Waals surface area (Å²) in [5.41, 5.74) is 1.01. The van der Waals surface area contributed by atoms with Crippen LogP contribution in [0.3, 0.4) is 0 Å². The van der Waals surface area contributed by atoms with Gasteiger partial charge >= 0.3 is 5.97 Å². The van der Waals surface area contributed by atoms with Crippen molar-refractivity contribution >= 4 is 23.3 Å². The van der Waals surface area contributed by atoms with Crippen molar-refractivity contribution in [2.75, 3.05) is 7.11 Å². The average molecular weight is 244 g/mol. The van der Waals surface area contributed by atoms with E-state index in [1.165, 1.54) is 19.2 Å². The summed E-state index contributed by atoms with van der Waals surface area (Å²) < 4.78 is 4.53. The van der Waals surface area contributed by atoms with Gasteiger partial charge in [-0.2, -0.15) is 0 Å². The first-order valence-electron chi connectivity index (χ1n) is 4.43. The van der Waals surface area contributed by atoms with Crippen molar-refractivity contribution in [2.24, 2.45) is 0 Å². The first-order chi connectivity index (χ1) is 7.51. The van der Waals surface area contributed by atoms with Crippen molar-refractivity contribution in [1.82, 2.24) is 0 Å². The van der Waals surface area contributed by atoms with Gasteiger partial charge in [0.15, 0.2) is 0 Å². The van der Waals surface area contributed by atoms with Crippen LogP contribution in [0.25, 0.3) is 0 Å². The summed E-state index contributed by atoms with van der Waals surface area (Å²) in [5, 5.41) is 10.7. The molecule has 0 spiro atoms. The topological polar surface area (TPSA) is 69.4 Å². The Labute approximate surface area is 97.1 Å². The van der Waals surface area contributed by atoms with Crippen LogP contribution >= 0.6 is 11.6 Å². The molecule has 0 radical (unpaired) electrons. The van der Waals surface area contributed by atoms with E-state index < -0.39 is 10.9 Å². The van der Waals surface area contributed by atoms with Gasteiger partial charge in [-0.05, 0) is 18.6 Å². The maximum atomic E-state index is 11.3. The molecule has 6 heteroatoms. The number of halogens is 1. The number of carbonyl (C=O) groups excluding carboxylic acids is 1. The van der Waals surface area contributed by atoms with Crippen LogP contribution in [-0.2, 0) is 10.6 Å². The lowest BCUT2D eigenvalue weighted by atomic mass is 10.0. The zero-order valence-corrected chi connectivity index (χ0v) is 9.58. The van der Waals surface area contributed by atoms with Crippen LogP contribution in [0.2, 0.25) is 0 Å². The van der Waals surface area contributed by atoms with Crippen LogP contribution in [0, 0.1) is 17.0 Å². The molecule has 0 unspecified atom stereocenters. The van der Waals surface area contributed by atoms with E-state index in [-0.39, 0.29) is 17.1 Å². The van der Waals surface area contributed by atoms with Crippen LogP contribution in [0.5, 0.6) is 0 Å². The minimum atomic E-state index is -0.596. The van der Waals surface area contributed by atoms with E-state index in [0.717, 1.165) is 0 Å². The standard InChI is InChI=1S/C10H10ClNO4/c1-6-3-7(5-11)9(12(14)15)4-8(6)10(13)16-2/h3-4H,5H2,1-2H3. The van der Waals surface area contributed by atoms with E-state index >= 15 is 0 Å². The molecule has 0 aliphatic heterocycles. The molecule has 0 N–H and O–H groups in total. The molecule has 86 valence electrons. The van der Waals surface area contributed by atoms with E-state index in [1.807, 2.05) is 0 Å². The number of ether oxygens (including phenoxy) is 1. The van der Waals surface area contributed by atoms with Gasteiger partial charge < -0.3 is 4.74 Å². The van der Waals surface area contributed by atoms with Crippen molar-refractivity contribution < 1.29 is 14.5 Å². The Bertz CT molecular complexity index is 445. The summed E-state index contributed by atoms with van der Waals surface area (Å²) in [7, 11) is 1.23. The molecular weight excluding hydrogens is 234 g/mol. The number of hydrogen-bond donors (Lipinski definition) is 0. The number of carbonyl (C=O) groups is 1. The number of nitro benzene ring substituents is 1. The largest absolute Gasteiger partial charge is 0.465 e. The van der Waals surface area contributed by atoms with Crippen LogP contribution < -0.4 is 0 Å². The number of hydrogen-bond acceptors (Lipinski definition) is 4. The fourth-order valence-corrected chi connectivity index (χ4v) is 1.58. The fraction of sp³-hybridized carbons (Fsp3) is 0.300. The molecule has 16 heavy (non-hydrogen) atoms. The van der Waals surface area contributed by atoms with Gasteiger partial charge in [0.2, 0.25) is 0 Å². The number of rotatable bonds is 3. The molecule has 1 rings (SSSR count). The molecule has 0 amide bonds. The summed E-state index contributed by atoms with van der Waals surface area (Å²) in [6.07, 6.45) is 0. The monoisotopic (exact) mass is 243 g/mol. The number of aryl methyl sites for hydroxylation is 1. The maximum Gasteiger partial charge on any atom is 0.338 e. The molecule has 1 aromatic rings. The van der Waals surface area contributed by atoms with Gasteiger partial charge in [0.1, 0.15) is 0 Å². The third-order valence-corrected chi connectivity index (χ3v) is 2.46. The molecule has 0 bridgehead atoms. The maximum absolute atomic E-state index is 11.3. The zero-order valence-electron chi connectivity index (χ0n) is 8.82. The lowest BCUT2D eigenvalue weighted by molar-refractivity contribution is -0.385. The second-order valence-corrected chi connectivity index (χ2v) is 3.45. The Kier molecular flexibility index (Phi) is 3.84. The molecule has 5 nitrogen and oxygen atoms in total. The van der Waals surface area contributed by atoms with Crippen LogP contribution in [-0.4, -0.2) is 18.0 Å². The molecule has 0 atom stereocenters. The number of alkyl halides is 1. The Morgan fingerprint density at radius 2 is 2.19 bits per heavy atom. The number of nitrogens with zero attached hydrogens (tertiary/aromatic N) is 1. The number of methoxy groups -OCH3 is 1. The predicted octanol–water partition coefficient (Wildman–Crippen LogP) is 2.43. The Balaban J connectivity index is 3.38. The molecule has 1 aromatic carbocycles. The van der Waals surface area contributed by atoms with Gasteiger partial charge in [0.05, 0.1) is 23.5 Å². The van der Waals surface area contributed by atoms with Crippen molar-refractivity contribution in [3.63, 3.8) is 0 Å². The number of nitro groups is 1. The molecule has 0 saturated carbocycles. The van der Waals surface area contributed by atoms with Crippen molar-refractivity contribution in [1.29, 1.82) is 0 Å². The van der Waals surface area contributed by atoms with Crippen molar-refractivity contribution in [3.8, 4) is 0 Å². The van der Waals surface area contributed by atoms with Gasteiger partial charge in [-0.1, -0.05) is 0 Å². The number of benzene rings is 1. The van der Waals surface area contributed by atoms with Gasteiger partial charge in [0.25, 0.3) is 5.69 Å². The number of esters is 1. The van der Waals surface area contributed by atoms with Crippen LogP contribution in [0.1, 0.15) is 21.5 Å². The highest BCUT2D eigenvalue weighted by Gasteiger charge is 2.19. The molecule has 0 saturated heterocycles. The normalized spacial score (nSPS) is 9.94. The second-order valence-electron chi connectivity index (χ2n) is 3.18. The zero-order chi connectivity index (χ0) is 12.3. The van der Waals surface area contributed by atoms with E-state index in [2.05, 4.69) is 4.74 Å². The highest BCUT2D eigenvalue weighted by atomic mass is 35.5. The van der Waals surface area contributed by atoms with Gasteiger partial charge in [0, 0.05) is 11.6 Å². The molecular formula is C10H10ClNO4. The first kappa shape index (κ1) is 12.4. The molecule has 0 fully saturated rings. The van der Waals surface area contributed by atoms with E-state index in [4.69, 9.17) is 11.6 Å². The quantitative estimate of drug-likeness (QED) is 0.354. The molecule has 0 aliphatic rings. The lowest BCUT2D eigenvalue weighted by Gasteiger charge is -2.06. The lowest BCUT2D eigenvalue weighted by Crippen LogP contribution is -2.06. The first-order valence-corrected chi connectivity index (χ1v) is 4.97. The van der Waals surface area contributed by atoms with E-state index in [1.54, 1.807) is 6.92 Å². The van der Waals surface area contributed by atoms with E-state index in [0.29, 0.717) is 11.1 Å². The summed E-state index contributed by atoms with van der Waals surface area (Å²) in [6.45, 7) is 1.67. The summed E-state index contributed by atoms with van der Waals surface area (Å²) >= 11 is 5.59. The van der Waals surface area contributed by atoms with Crippen molar-refractivity contribution in [3.05, 3.63) is 38.9 Å².